The first-order valence-corrected chi connectivity index (χ1v) is 2.55. The molecule has 0 aromatic heterocycles. The third-order valence-corrected chi connectivity index (χ3v) is 0.807. The van der Waals surface area contributed by atoms with Gasteiger partial charge in [-0.1, -0.05) is 6.08 Å². The fourth-order valence-electron chi connectivity index (χ4n) is 0.344. The summed E-state index contributed by atoms with van der Waals surface area (Å²) in [7, 11) is 0. The van der Waals surface area contributed by atoms with E-state index in [9.17, 15) is 4.79 Å². The Morgan fingerprint density at radius 2 is 1.89 bits per heavy atom. The van der Waals surface area contributed by atoms with E-state index in [2.05, 4.69) is 0 Å². The summed E-state index contributed by atoms with van der Waals surface area (Å²) >= 11 is 0. The van der Waals surface area contributed by atoms with Gasteiger partial charge in [-0.3, -0.25) is 4.79 Å². The highest BCUT2D eigenvalue weighted by atomic mass is 16.1. The SMILES string of the molecule is C/C=C/C(N)=C(\N)C=O. The number of hydrogen-bond donors (Lipinski definition) is 2. The van der Waals surface area contributed by atoms with Crippen molar-refractivity contribution >= 4 is 6.29 Å². The van der Waals surface area contributed by atoms with E-state index in [0.717, 1.165) is 0 Å². The maximum Gasteiger partial charge on any atom is 0.167 e. The van der Waals surface area contributed by atoms with Crippen LogP contribution >= 0.6 is 0 Å². The maximum atomic E-state index is 9.92. The molecule has 0 aliphatic heterocycles. The molecule has 0 amide bonds. The Balaban J connectivity index is 4.27. The second-order valence-corrected chi connectivity index (χ2v) is 1.53. The summed E-state index contributed by atoms with van der Waals surface area (Å²) in [5.41, 5.74) is 10.8. The minimum absolute atomic E-state index is 0.0769. The molecular formula is C6H10N2O. The molecule has 0 heterocycles. The Bertz CT molecular complexity index is 158. The molecule has 0 saturated heterocycles. The van der Waals surface area contributed by atoms with E-state index in [0.29, 0.717) is 12.0 Å². The van der Waals surface area contributed by atoms with Crippen molar-refractivity contribution in [3.63, 3.8) is 0 Å². The highest BCUT2D eigenvalue weighted by molar-refractivity contribution is 5.73. The number of carbonyl (C=O) groups is 1. The topological polar surface area (TPSA) is 69.1 Å². The van der Waals surface area contributed by atoms with Gasteiger partial charge in [0, 0.05) is 0 Å². The molecular weight excluding hydrogens is 116 g/mol. The average molecular weight is 126 g/mol. The van der Waals surface area contributed by atoms with Gasteiger partial charge in [-0.15, -0.1) is 0 Å². The summed E-state index contributed by atoms with van der Waals surface area (Å²) in [4.78, 5) is 9.92. The minimum atomic E-state index is 0.0769. The van der Waals surface area contributed by atoms with Crippen LogP contribution in [0.3, 0.4) is 0 Å². The first kappa shape index (κ1) is 7.75. The van der Waals surface area contributed by atoms with Crippen molar-refractivity contribution in [2.24, 2.45) is 11.5 Å². The van der Waals surface area contributed by atoms with Gasteiger partial charge in [-0.25, -0.2) is 0 Å². The summed E-state index contributed by atoms with van der Waals surface area (Å²) in [5, 5.41) is 0. The van der Waals surface area contributed by atoms with Crippen LogP contribution in [0.4, 0.5) is 0 Å². The lowest BCUT2D eigenvalue weighted by Gasteiger charge is -1.91. The van der Waals surface area contributed by atoms with Gasteiger partial charge in [-0.05, 0) is 13.0 Å². The summed E-state index contributed by atoms with van der Waals surface area (Å²) in [6.07, 6.45) is 3.81. The van der Waals surface area contributed by atoms with Gasteiger partial charge in [0.1, 0.15) is 0 Å². The van der Waals surface area contributed by atoms with Crippen molar-refractivity contribution in [1.82, 2.24) is 0 Å². The molecule has 9 heavy (non-hydrogen) atoms. The minimum Gasteiger partial charge on any atom is -0.397 e. The second kappa shape index (κ2) is 3.72. The molecule has 0 unspecified atom stereocenters. The molecule has 0 aromatic carbocycles. The molecule has 0 aliphatic carbocycles. The number of rotatable bonds is 2. The number of aldehydes is 1. The molecule has 0 rings (SSSR count). The summed E-state index contributed by atoms with van der Waals surface area (Å²) < 4.78 is 0. The number of carbonyl (C=O) groups excluding carboxylic acids is 1. The van der Waals surface area contributed by atoms with Gasteiger partial charge in [0.25, 0.3) is 0 Å². The van der Waals surface area contributed by atoms with Crippen molar-refractivity contribution in [2.75, 3.05) is 0 Å². The van der Waals surface area contributed by atoms with E-state index >= 15 is 0 Å². The summed E-state index contributed by atoms with van der Waals surface area (Å²) in [6, 6.07) is 0. The van der Waals surface area contributed by atoms with Gasteiger partial charge < -0.3 is 11.5 Å². The first-order chi connectivity index (χ1) is 4.22. The van der Waals surface area contributed by atoms with E-state index in [-0.39, 0.29) is 5.70 Å². The van der Waals surface area contributed by atoms with E-state index in [1.54, 1.807) is 19.1 Å². The monoisotopic (exact) mass is 126 g/mol. The van der Waals surface area contributed by atoms with E-state index in [4.69, 9.17) is 11.5 Å². The van der Waals surface area contributed by atoms with Crippen LogP contribution < -0.4 is 11.5 Å². The predicted molar refractivity (Wildman–Crippen MR) is 36.3 cm³/mol. The Morgan fingerprint density at radius 3 is 2.22 bits per heavy atom. The summed E-state index contributed by atoms with van der Waals surface area (Å²) in [6.45, 7) is 1.80. The van der Waals surface area contributed by atoms with Crippen molar-refractivity contribution in [2.45, 2.75) is 6.92 Å². The van der Waals surface area contributed by atoms with E-state index < -0.39 is 0 Å². The summed E-state index contributed by atoms with van der Waals surface area (Å²) in [5.74, 6) is 0. The van der Waals surface area contributed by atoms with Crippen molar-refractivity contribution in [3.05, 3.63) is 23.5 Å². The number of allylic oxidation sites excluding steroid dienone is 3. The quantitative estimate of drug-likeness (QED) is 0.308. The van der Waals surface area contributed by atoms with Crippen LogP contribution in [-0.2, 0) is 4.79 Å². The van der Waals surface area contributed by atoms with Crippen LogP contribution in [0.5, 0.6) is 0 Å². The standard InChI is InChI=1S/C6H10N2O/c1-2-3-5(7)6(8)4-9/h2-4H,7-8H2,1H3/b3-2+,6-5+. The number of nitrogens with two attached hydrogens (primary N) is 2. The predicted octanol–water partition coefficient (Wildman–Crippen LogP) is -0.110. The molecule has 3 heteroatoms. The van der Waals surface area contributed by atoms with Crippen LogP contribution in [-0.4, -0.2) is 6.29 Å². The first-order valence-electron chi connectivity index (χ1n) is 2.55. The molecule has 4 N–H and O–H groups in total. The molecule has 0 radical (unpaired) electrons. The van der Waals surface area contributed by atoms with Crippen molar-refractivity contribution in [3.8, 4) is 0 Å². The van der Waals surface area contributed by atoms with Gasteiger partial charge in [0.05, 0.1) is 11.4 Å². The van der Waals surface area contributed by atoms with Gasteiger partial charge in [0.15, 0.2) is 6.29 Å². The molecule has 0 aliphatic rings. The zero-order valence-electron chi connectivity index (χ0n) is 5.29. The Hall–Kier alpha value is -1.25. The fraction of sp³-hybridized carbons (Fsp3) is 0.167. The molecule has 0 aromatic rings. The maximum absolute atomic E-state index is 9.92. The molecule has 0 saturated carbocycles. The molecule has 3 nitrogen and oxygen atoms in total. The lowest BCUT2D eigenvalue weighted by atomic mass is 10.3. The molecule has 0 spiro atoms. The highest BCUT2D eigenvalue weighted by Crippen LogP contribution is 1.88. The lowest BCUT2D eigenvalue weighted by Crippen LogP contribution is -2.08. The zero-order chi connectivity index (χ0) is 7.28. The highest BCUT2D eigenvalue weighted by Gasteiger charge is 1.88. The normalized spacial score (nSPS) is 13.4. The van der Waals surface area contributed by atoms with Crippen molar-refractivity contribution < 1.29 is 4.79 Å². The Labute approximate surface area is 54.0 Å². The third-order valence-electron chi connectivity index (χ3n) is 0.807. The number of hydrogen-bond acceptors (Lipinski definition) is 3. The van der Waals surface area contributed by atoms with Crippen LogP contribution in [0.2, 0.25) is 0 Å². The van der Waals surface area contributed by atoms with Gasteiger partial charge >= 0.3 is 0 Å². The van der Waals surface area contributed by atoms with Crippen LogP contribution in [0, 0.1) is 0 Å². The molecule has 0 fully saturated rings. The largest absolute Gasteiger partial charge is 0.397 e. The van der Waals surface area contributed by atoms with Crippen LogP contribution in [0.25, 0.3) is 0 Å². The van der Waals surface area contributed by atoms with Gasteiger partial charge in [0.2, 0.25) is 0 Å². The fourth-order valence-corrected chi connectivity index (χ4v) is 0.344. The molecule has 0 bridgehead atoms. The Morgan fingerprint density at radius 1 is 1.33 bits per heavy atom. The third kappa shape index (κ3) is 2.54. The van der Waals surface area contributed by atoms with Crippen LogP contribution in [0.15, 0.2) is 23.5 Å². The lowest BCUT2D eigenvalue weighted by molar-refractivity contribution is -0.105. The molecule has 50 valence electrons. The zero-order valence-corrected chi connectivity index (χ0v) is 5.29. The Kier molecular flexibility index (Phi) is 3.20. The van der Waals surface area contributed by atoms with E-state index in [1.165, 1.54) is 0 Å². The van der Waals surface area contributed by atoms with Crippen LogP contribution in [0.1, 0.15) is 6.92 Å². The van der Waals surface area contributed by atoms with E-state index in [1.807, 2.05) is 0 Å². The van der Waals surface area contributed by atoms with Gasteiger partial charge in [-0.2, -0.15) is 0 Å². The smallest absolute Gasteiger partial charge is 0.167 e. The average Bonchev–Trinajstić information content (AvgIpc) is 1.87. The second-order valence-electron chi connectivity index (χ2n) is 1.53. The van der Waals surface area contributed by atoms with Crippen molar-refractivity contribution in [1.29, 1.82) is 0 Å². The molecule has 0 atom stereocenters.